The second-order valence-corrected chi connectivity index (χ2v) is 7.45. The first kappa shape index (κ1) is 19.9. The maximum Gasteiger partial charge on any atom is 0.260 e. The molecule has 162 valence electrons. The van der Waals surface area contributed by atoms with Gasteiger partial charge in [-0.2, -0.15) is 14.6 Å². The molecule has 1 aliphatic heterocycles. The lowest BCUT2D eigenvalue weighted by Crippen LogP contribution is -2.50. The molecule has 0 aliphatic carbocycles. The monoisotopic (exact) mass is 432 g/mol. The van der Waals surface area contributed by atoms with Crippen molar-refractivity contribution in [2.75, 3.05) is 37.7 Å². The lowest BCUT2D eigenvalue weighted by molar-refractivity contribution is -0.133. The number of aromatic nitrogens is 4. The average Bonchev–Trinajstić information content (AvgIpc) is 3.32. The number of carbonyl (C=O) groups is 1. The molecule has 1 saturated heterocycles. The maximum atomic E-state index is 13.0. The number of rotatable bonds is 5. The Hall–Kier alpha value is -4.01. The molecular formula is C23H21FN6O2. The third-order valence-electron chi connectivity index (χ3n) is 5.43. The summed E-state index contributed by atoms with van der Waals surface area (Å²) < 4.78 is 20.2. The van der Waals surface area contributed by atoms with Gasteiger partial charge in [0.1, 0.15) is 23.7 Å². The summed E-state index contributed by atoms with van der Waals surface area (Å²) in [7, 11) is 0. The van der Waals surface area contributed by atoms with Crippen molar-refractivity contribution in [1.29, 1.82) is 0 Å². The van der Waals surface area contributed by atoms with Gasteiger partial charge in [0.05, 0.1) is 5.69 Å². The van der Waals surface area contributed by atoms with Crippen molar-refractivity contribution in [3.63, 3.8) is 0 Å². The predicted molar refractivity (Wildman–Crippen MR) is 117 cm³/mol. The van der Waals surface area contributed by atoms with Crippen molar-refractivity contribution in [2.45, 2.75) is 0 Å². The third-order valence-corrected chi connectivity index (χ3v) is 5.43. The lowest BCUT2D eigenvalue weighted by atomic mass is 10.1. The highest BCUT2D eigenvalue weighted by molar-refractivity contribution is 5.78. The van der Waals surface area contributed by atoms with Crippen molar-refractivity contribution in [2.24, 2.45) is 0 Å². The maximum absolute atomic E-state index is 13.0. The number of hydrogen-bond acceptors (Lipinski definition) is 6. The number of piperazine rings is 1. The van der Waals surface area contributed by atoms with Crippen molar-refractivity contribution in [3.8, 4) is 17.0 Å². The molecule has 32 heavy (non-hydrogen) atoms. The zero-order chi connectivity index (χ0) is 21.9. The van der Waals surface area contributed by atoms with Crippen LogP contribution >= 0.6 is 0 Å². The van der Waals surface area contributed by atoms with Gasteiger partial charge in [0.15, 0.2) is 6.61 Å². The second kappa shape index (κ2) is 8.62. The van der Waals surface area contributed by atoms with Gasteiger partial charge < -0.3 is 14.5 Å². The molecule has 0 atom stereocenters. The van der Waals surface area contributed by atoms with E-state index in [1.807, 2.05) is 36.4 Å². The first-order valence-electron chi connectivity index (χ1n) is 10.3. The van der Waals surface area contributed by atoms with E-state index in [-0.39, 0.29) is 18.3 Å². The normalized spacial score (nSPS) is 14.0. The van der Waals surface area contributed by atoms with Crippen molar-refractivity contribution in [3.05, 3.63) is 72.8 Å². The number of benzene rings is 2. The van der Waals surface area contributed by atoms with Crippen molar-refractivity contribution < 1.29 is 13.9 Å². The molecule has 8 nitrogen and oxygen atoms in total. The number of hydrogen-bond donors (Lipinski definition) is 0. The minimum atomic E-state index is -0.340. The highest BCUT2D eigenvalue weighted by Gasteiger charge is 2.24. The van der Waals surface area contributed by atoms with Gasteiger partial charge in [0.2, 0.25) is 0 Å². The molecule has 9 heteroatoms. The van der Waals surface area contributed by atoms with Crippen LogP contribution in [0.1, 0.15) is 0 Å². The molecule has 0 N–H and O–H groups in total. The molecule has 1 aliphatic rings. The standard InChI is InChI=1S/C23H21FN6O2/c24-18-6-8-19(9-7-18)32-15-22(31)29-12-10-28(11-13-29)21-14-20(17-4-2-1-3-5-17)27-23-25-16-26-30(21)23/h1-9,14,16H,10-13,15H2. The Kier molecular flexibility index (Phi) is 5.37. The van der Waals surface area contributed by atoms with Crippen LogP contribution in [-0.2, 0) is 4.79 Å². The summed E-state index contributed by atoms with van der Waals surface area (Å²) in [4.78, 5) is 25.4. The summed E-state index contributed by atoms with van der Waals surface area (Å²) in [5.74, 6) is 1.46. The number of halogens is 1. The van der Waals surface area contributed by atoms with Gasteiger partial charge >= 0.3 is 0 Å². The summed E-state index contributed by atoms with van der Waals surface area (Å²) >= 11 is 0. The highest BCUT2D eigenvalue weighted by atomic mass is 19.1. The van der Waals surface area contributed by atoms with Crippen molar-refractivity contribution >= 4 is 17.5 Å². The molecule has 4 aromatic rings. The van der Waals surface area contributed by atoms with E-state index in [9.17, 15) is 9.18 Å². The lowest BCUT2D eigenvalue weighted by Gasteiger charge is -2.36. The Morgan fingerprint density at radius 1 is 1.00 bits per heavy atom. The van der Waals surface area contributed by atoms with Crippen molar-refractivity contribution in [1.82, 2.24) is 24.5 Å². The highest BCUT2D eigenvalue weighted by Crippen LogP contribution is 2.24. The Balaban J connectivity index is 1.27. The van der Waals surface area contributed by atoms with Crippen LogP contribution in [0.15, 0.2) is 67.0 Å². The van der Waals surface area contributed by atoms with E-state index in [0.29, 0.717) is 37.7 Å². The molecule has 2 aromatic carbocycles. The van der Waals surface area contributed by atoms with E-state index in [1.54, 1.807) is 9.42 Å². The van der Waals surface area contributed by atoms with Gasteiger partial charge in [-0.3, -0.25) is 4.79 Å². The van der Waals surface area contributed by atoms with Gasteiger partial charge in [0, 0.05) is 37.8 Å². The SMILES string of the molecule is O=C(COc1ccc(F)cc1)N1CCN(c2cc(-c3ccccc3)nc3ncnn23)CC1. The molecular weight excluding hydrogens is 411 g/mol. The van der Waals surface area contributed by atoms with E-state index < -0.39 is 0 Å². The zero-order valence-electron chi connectivity index (χ0n) is 17.3. The van der Waals surface area contributed by atoms with E-state index in [2.05, 4.69) is 20.0 Å². The van der Waals surface area contributed by atoms with Gasteiger partial charge in [-0.15, -0.1) is 0 Å². The van der Waals surface area contributed by atoms with Gasteiger partial charge in [-0.25, -0.2) is 9.37 Å². The smallest absolute Gasteiger partial charge is 0.260 e. The van der Waals surface area contributed by atoms with E-state index >= 15 is 0 Å². The minimum Gasteiger partial charge on any atom is -0.484 e. The van der Waals surface area contributed by atoms with Crippen LogP contribution in [-0.4, -0.2) is 63.2 Å². The Labute approximate surface area is 183 Å². The van der Waals surface area contributed by atoms with Crippen LogP contribution in [0, 0.1) is 5.82 Å². The first-order chi connectivity index (χ1) is 15.7. The first-order valence-corrected chi connectivity index (χ1v) is 10.3. The molecule has 0 bridgehead atoms. The summed E-state index contributed by atoms with van der Waals surface area (Å²) in [6.45, 7) is 2.34. The molecule has 1 amide bonds. The molecule has 5 rings (SSSR count). The Morgan fingerprint density at radius 3 is 2.50 bits per heavy atom. The summed E-state index contributed by atoms with van der Waals surface area (Å²) in [5, 5.41) is 4.33. The summed E-state index contributed by atoms with van der Waals surface area (Å²) in [5.41, 5.74) is 1.83. The summed E-state index contributed by atoms with van der Waals surface area (Å²) in [6, 6.07) is 17.6. The molecule has 0 saturated carbocycles. The van der Waals surface area contributed by atoms with E-state index in [1.165, 1.54) is 30.6 Å². The van der Waals surface area contributed by atoms with E-state index in [0.717, 1.165) is 17.1 Å². The summed E-state index contributed by atoms with van der Waals surface area (Å²) in [6.07, 6.45) is 1.49. The zero-order valence-corrected chi connectivity index (χ0v) is 17.3. The van der Waals surface area contributed by atoms with Gasteiger partial charge in [-0.1, -0.05) is 30.3 Å². The number of anilines is 1. The van der Waals surface area contributed by atoms with Crippen LogP contribution in [0.25, 0.3) is 17.0 Å². The molecule has 3 heterocycles. The molecule has 0 unspecified atom stereocenters. The number of nitrogens with zero attached hydrogens (tertiary/aromatic N) is 6. The van der Waals surface area contributed by atoms with Crippen LogP contribution in [0.3, 0.4) is 0 Å². The number of carbonyl (C=O) groups excluding carboxylic acids is 1. The topological polar surface area (TPSA) is 75.9 Å². The number of fused-ring (bicyclic) bond motifs is 1. The third kappa shape index (κ3) is 4.09. The molecule has 1 fully saturated rings. The molecule has 0 spiro atoms. The van der Waals surface area contributed by atoms with Gasteiger partial charge in [-0.05, 0) is 24.3 Å². The van der Waals surface area contributed by atoms with Crippen LogP contribution in [0.5, 0.6) is 5.75 Å². The van der Waals surface area contributed by atoms with Crippen LogP contribution in [0.2, 0.25) is 0 Å². The largest absolute Gasteiger partial charge is 0.484 e. The second-order valence-electron chi connectivity index (χ2n) is 7.45. The predicted octanol–water partition coefficient (Wildman–Crippen LogP) is 2.66. The van der Waals surface area contributed by atoms with Crippen LogP contribution < -0.4 is 9.64 Å². The van der Waals surface area contributed by atoms with Gasteiger partial charge in [0.25, 0.3) is 11.7 Å². The minimum absolute atomic E-state index is 0.0770. The Morgan fingerprint density at radius 2 is 1.75 bits per heavy atom. The molecule has 0 radical (unpaired) electrons. The molecule has 2 aromatic heterocycles. The number of ether oxygens (including phenoxy) is 1. The van der Waals surface area contributed by atoms with E-state index in [4.69, 9.17) is 4.74 Å². The fraction of sp³-hybridized carbons (Fsp3) is 0.217. The quantitative estimate of drug-likeness (QED) is 0.483. The fourth-order valence-electron chi connectivity index (χ4n) is 3.73. The number of amides is 1. The Bertz CT molecular complexity index is 1220. The van der Waals surface area contributed by atoms with Crippen LogP contribution in [0.4, 0.5) is 10.2 Å². The fourth-order valence-corrected chi connectivity index (χ4v) is 3.73. The average molecular weight is 432 g/mol.